The van der Waals surface area contributed by atoms with Gasteiger partial charge >= 0.3 is 17.1 Å². The lowest BCUT2D eigenvalue weighted by atomic mass is 10.0. The molecule has 0 unspecified atom stereocenters. The predicted octanol–water partition coefficient (Wildman–Crippen LogP) is 15.6. The standard InChI is InChI=1S/C51H99N3O3/c1-4-7-10-13-16-19-22-25-28-31-34-37-40-43-46-52-49(55)53(47-44-41-38-35-32-29-26-23-20-17-14-11-8-5-2)51(57)54(50(52)56)48-45-42-39-36-33-30-27-24-21-18-15-12-9-6-3/h4-48H2,1-3H3. The van der Waals surface area contributed by atoms with Crippen molar-refractivity contribution >= 4 is 0 Å². The number of hydrogen-bond donors (Lipinski definition) is 0. The van der Waals surface area contributed by atoms with Gasteiger partial charge in [0.1, 0.15) is 0 Å². The van der Waals surface area contributed by atoms with Crippen LogP contribution in [0.2, 0.25) is 0 Å². The van der Waals surface area contributed by atoms with Gasteiger partial charge in [0.2, 0.25) is 0 Å². The van der Waals surface area contributed by atoms with Crippen LogP contribution in [-0.4, -0.2) is 13.7 Å². The Labute approximate surface area is 354 Å². The van der Waals surface area contributed by atoms with Crippen molar-refractivity contribution in [2.75, 3.05) is 0 Å². The second-order valence-electron chi connectivity index (χ2n) is 18.1. The third-order valence-electron chi connectivity index (χ3n) is 12.6. The maximum atomic E-state index is 13.6. The summed E-state index contributed by atoms with van der Waals surface area (Å²) in [6.45, 7) is 8.11. The van der Waals surface area contributed by atoms with Crippen LogP contribution in [0, 0.1) is 0 Å². The second kappa shape index (κ2) is 41.2. The van der Waals surface area contributed by atoms with Crippen molar-refractivity contribution in [2.45, 2.75) is 310 Å². The molecule has 0 saturated carbocycles. The van der Waals surface area contributed by atoms with Gasteiger partial charge in [-0.05, 0) is 19.3 Å². The second-order valence-corrected chi connectivity index (χ2v) is 18.1. The molecule has 0 aromatic carbocycles. The summed E-state index contributed by atoms with van der Waals surface area (Å²) in [5, 5.41) is 0. The van der Waals surface area contributed by atoms with E-state index in [1.807, 2.05) is 0 Å². The minimum atomic E-state index is -0.383. The van der Waals surface area contributed by atoms with E-state index in [-0.39, 0.29) is 17.1 Å². The Hall–Kier alpha value is -1.59. The topological polar surface area (TPSA) is 66.0 Å². The highest BCUT2D eigenvalue weighted by Gasteiger charge is 2.15. The van der Waals surface area contributed by atoms with Crippen LogP contribution in [0.5, 0.6) is 0 Å². The van der Waals surface area contributed by atoms with E-state index in [0.29, 0.717) is 19.6 Å². The van der Waals surface area contributed by atoms with Crippen LogP contribution in [0.25, 0.3) is 0 Å². The molecule has 0 N–H and O–H groups in total. The summed E-state index contributed by atoms with van der Waals surface area (Å²) in [5.74, 6) is 0. The molecule has 0 aliphatic heterocycles. The Morgan fingerprint density at radius 2 is 0.333 bits per heavy atom. The highest BCUT2D eigenvalue weighted by atomic mass is 16.2. The summed E-state index contributed by atoms with van der Waals surface area (Å²) in [7, 11) is 0. The quantitative estimate of drug-likeness (QED) is 0.0617. The number of unbranched alkanes of at least 4 members (excludes halogenated alkanes) is 39. The molecule has 1 aromatic heterocycles. The summed E-state index contributed by atoms with van der Waals surface area (Å²) in [5.41, 5.74) is -1.15. The molecule has 0 atom stereocenters. The van der Waals surface area contributed by atoms with Crippen LogP contribution in [-0.2, 0) is 19.6 Å². The Balaban J connectivity index is 2.52. The van der Waals surface area contributed by atoms with Gasteiger partial charge in [-0.3, -0.25) is 0 Å². The number of nitrogens with zero attached hydrogens (tertiary/aromatic N) is 3. The monoisotopic (exact) mass is 802 g/mol. The molecule has 0 aliphatic carbocycles. The van der Waals surface area contributed by atoms with Crippen LogP contribution in [0.3, 0.4) is 0 Å². The molecular formula is C51H99N3O3. The molecule has 1 heterocycles. The number of hydrogen-bond acceptors (Lipinski definition) is 3. The first-order valence-corrected chi connectivity index (χ1v) is 26.0. The molecule has 6 heteroatoms. The summed E-state index contributed by atoms with van der Waals surface area (Å²) in [6.07, 6.45) is 53.5. The van der Waals surface area contributed by atoms with E-state index in [9.17, 15) is 14.4 Å². The molecule has 0 fully saturated rings. The third-order valence-corrected chi connectivity index (χ3v) is 12.6. The molecule has 0 spiro atoms. The summed E-state index contributed by atoms with van der Waals surface area (Å²) < 4.78 is 4.20. The molecule has 336 valence electrons. The highest BCUT2D eigenvalue weighted by molar-refractivity contribution is 4.79. The van der Waals surface area contributed by atoms with Crippen LogP contribution >= 0.6 is 0 Å². The van der Waals surface area contributed by atoms with Crippen LogP contribution < -0.4 is 17.1 Å². The SMILES string of the molecule is CCCCCCCCCCCCCCCCn1c(=O)n(CCCCCCCCCCCCCCCC)c(=O)n(CCCCCCCCCCCCCCCC)c1=O. The van der Waals surface area contributed by atoms with Crippen LogP contribution in [0.4, 0.5) is 0 Å². The van der Waals surface area contributed by atoms with Crippen molar-refractivity contribution in [1.82, 2.24) is 13.7 Å². The van der Waals surface area contributed by atoms with Gasteiger partial charge in [-0.25, -0.2) is 28.1 Å². The summed E-state index contributed by atoms with van der Waals surface area (Å²) >= 11 is 0. The lowest BCUT2D eigenvalue weighted by molar-refractivity contribution is 0.410. The van der Waals surface area contributed by atoms with Crippen molar-refractivity contribution in [2.24, 2.45) is 0 Å². The summed E-state index contributed by atoms with van der Waals surface area (Å²) in [6, 6.07) is 0. The Bertz CT molecular complexity index is 995. The van der Waals surface area contributed by atoms with Crippen molar-refractivity contribution < 1.29 is 0 Å². The van der Waals surface area contributed by atoms with Gasteiger partial charge in [0.25, 0.3) is 0 Å². The molecule has 0 amide bonds. The van der Waals surface area contributed by atoms with E-state index in [1.165, 1.54) is 226 Å². The molecule has 0 aliphatic rings. The third kappa shape index (κ3) is 30.1. The molecule has 6 nitrogen and oxygen atoms in total. The van der Waals surface area contributed by atoms with E-state index in [0.717, 1.165) is 57.8 Å². The first-order valence-electron chi connectivity index (χ1n) is 26.0. The van der Waals surface area contributed by atoms with Crippen molar-refractivity contribution in [3.05, 3.63) is 31.5 Å². The van der Waals surface area contributed by atoms with Gasteiger partial charge in [0, 0.05) is 19.6 Å². The average molecular weight is 802 g/mol. The zero-order valence-electron chi connectivity index (χ0n) is 38.9. The Morgan fingerprint density at radius 1 is 0.211 bits per heavy atom. The molecule has 0 bridgehead atoms. The molecular weight excluding hydrogens is 703 g/mol. The molecule has 1 rings (SSSR count). The minimum absolute atomic E-state index is 0.383. The number of rotatable bonds is 45. The molecule has 0 radical (unpaired) electrons. The molecule has 57 heavy (non-hydrogen) atoms. The maximum Gasteiger partial charge on any atom is 0.336 e. The fourth-order valence-corrected chi connectivity index (χ4v) is 8.65. The van der Waals surface area contributed by atoms with E-state index < -0.39 is 0 Å². The minimum Gasteiger partial charge on any atom is -0.247 e. The predicted molar refractivity (Wildman–Crippen MR) is 250 cm³/mol. The first-order chi connectivity index (χ1) is 28.1. The van der Waals surface area contributed by atoms with Gasteiger partial charge in [0.05, 0.1) is 0 Å². The van der Waals surface area contributed by atoms with E-state index in [1.54, 1.807) is 0 Å². The van der Waals surface area contributed by atoms with E-state index >= 15 is 0 Å². The molecule has 1 aromatic rings. The van der Waals surface area contributed by atoms with Crippen molar-refractivity contribution in [3.63, 3.8) is 0 Å². The lowest BCUT2D eigenvalue weighted by Crippen LogP contribution is -2.54. The van der Waals surface area contributed by atoms with Gasteiger partial charge in [-0.15, -0.1) is 0 Å². The Kier molecular flexibility index (Phi) is 38.6. The maximum absolute atomic E-state index is 13.6. The fraction of sp³-hybridized carbons (Fsp3) is 0.941. The average Bonchev–Trinajstić information content (AvgIpc) is 3.21. The van der Waals surface area contributed by atoms with Gasteiger partial charge in [0.15, 0.2) is 0 Å². The van der Waals surface area contributed by atoms with Gasteiger partial charge < -0.3 is 0 Å². The first kappa shape index (κ1) is 53.4. The van der Waals surface area contributed by atoms with Crippen molar-refractivity contribution in [1.29, 1.82) is 0 Å². The normalized spacial score (nSPS) is 11.6. The van der Waals surface area contributed by atoms with E-state index in [2.05, 4.69) is 20.8 Å². The lowest BCUT2D eigenvalue weighted by Gasteiger charge is -2.14. The molecule has 0 saturated heterocycles. The van der Waals surface area contributed by atoms with Crippen molar-refractivity contribution in [3.8, 4) is 0 Å². The summed E-state index contributed by atoms with van der Waals surface area (Å²) in [4.78, 5) is 40.8. The highest BCUT2D eigenvalue weighted by Crippen LogP contribution is 2.16. The van der Waals surface area contributed by atoms with E-state index in [4.69, 9.17) is 0 Å². The van der Waals surface area contributed by atoms with Gasteiger partial charge in [-0.2, -0.15) is 0 Å². The zero-order chi connectivity index (χ0) is 41.3. The number of aromatic nitrogens is 3. The smallest absolute Gasteiger partial charge is 0.247 e. The largest absolute Gasteiger partial charge is 0.336 e. The zero-order valence-corrected chi connectivity index (χ0v) is 38.9. The van der Waals surface area contributed by atoms with Crippen LogP contribution in [0.1, 0.15) is 290 Å². The van der Waals surface area contributed by atoms with Gasteiger partial charge in [-0.1, -0.05) is 271 Å². The van der Waals surface area contributed by atoms with Crippen LogP contribution in [0.15, 0.2) is 14.4 Å². The fourth-order valence-electron chi connectivity index (χ4n) is 8.65. The Morgan fingerprint density at radius 3 is 0.474 bits per heavy atom.